The first-order valence-electron chi connectivity index (χ1n) is 11.2. The van der Waals surface area contributed by atoms with Gasteiger partial charge in [0.1, 0.15) is 5.54 Å². The van der Waals surface area contributed by atoms with Crippen molar-refractivity contribution in [3.8, 4) is 0 Å². The second-order valence-corrected chi connectivity index (χ2v) is 11.2. The fraction of sp³-hybridized carbons (Fsp3) is 0.440. The number of hydrogen-bond donors (Lipinski definition) is 1. The molecule has 8 heteroatoms. The molecule has 1 heterocycles. The van der Waals surface area contributed by atoms with Crippen LogP contribution < -0.4 is 5.32 Å². The summed E-state index contributed by atoms with van der Waals surface area (Å²) in [4.78, 5) is 28.3. The minimum atomic E-state index is -3.93. The van der Waals surface area contributed by atoms with Gasteiger partial charge in [0.05, 0.1) is 11.4 Å². The minimum absolute atomic E-state index is 0.104. The molecule has 0 radical (unpaired) electrons. The summed E-state index contributed by atoms with van der Waals surface area (Å²) in [6, 6.07) is 15.8. The smallest absolute Gasteiger partial charge is 0.247 e. The van der Waals surface area contributed by atoms with Gasteiger partial charge in [-0.3, -0.25) is 9.59 Å². The van der Waals surface area contributed by atoms with Crippen LogP contribution in [0.1, 0.15) is 38.3 Å². The zero-order valence-electron chi connectivity index (χ0n) is 19.7. The second-order valence-electron chi connectivity index (χ2n) is 9.27. The number of amides is 2. The van der Waals surface area contributed by atoms with E-state index in [1.54, 1.807) is 25.1 Å². The van der Waals surface area contributed by atoms with Crippen LogP contribution in [0.3, 0.4) is 0 Å². The van der Waals surface area contributed by atoms with E-state index in [1.807, 2.05) is 31.2 Å². The fourth-order valence-corrected chi connectivity index (χ4v) is 5.52. The Kier molecular flexibility index (Phi) is 7.59. The van der Waals surface area contributed by atoms with Gasteiger partial charge in [-0.15, -0.1) is 0 Å². The number of rotatable bonds is 8. The third kappa shape index (κ3) is 5.62. The van der Waals surface area contributed by atoms with Crippen molar-refractivity contribution in [1.29, 1.82) is 0 Å². The first-order valence-corrected chi connectivity index (χ1v) is 12.7. The van der Waals surface area contributed by atoms with Crippen molar-refractivity contribution in [2.24, 2.45) is 5.92 Å². The zero-order valence-corrected chi connectivity index (χ0v) is 20.6. The van der Waals surface area contributed by atoms with Crippen molar-refractivity contribution in [3.05, 3.63) is 65.7 Å². The molecule has 1 fully saturated rings. The Morgan fingerprint density at radius 2 is 1.82 bits per heavy atom. The van der Waals surface area contributed by atoms with E-state index in [2.05, 4.69) is 19.2 Å². The average Bonchev–Trinajstić information content (AvgIpc) is 2.76. The molecule has 2 amide bonds. The molecule has 3 rings (SSSR count). The molecule has 1 aliphatic heterocycles. The maximum absolute atomic E-state index is 13.4. The lowest BCUT2D eigenvalue weighted by Crippen LogP contribution is -2.69. The Morgan fingerprint density at radius 3 is 2.45 bits per heavy atom. The van der Waals surface area contributed by atoms with Gasteiger partial charge in [0.25, 0.3) is 0 Å². The van der Waals surface area contributed by atoms with Crippen molar-refractivity contribution in [3.63, 3.8) is 0 Å². The predicted octanol–water partition coefficient (Wildman–Crippen LogP) is 2.95. The third-order valence-electron chi connectivity index (χ3n) is 5.99. The molecule has 0 spiro atoms. The van der Waals surface area contributed by atoms with Crippen molar-refractivity contribution in [1.82, 2.24) is 14.5 Å². The molecule has 7 nitrogen and oxygen atoms in total. The number of benzene rings is 2. The Bertz CT molecular complexity index is 1100. The van der Waals surface area contributed by atoms with E-state index in [1.165, 1.54) is 17.0 Å². The third-order valence-corrected chi connectivity index (χ3v) is 7.80. The molecular formula is C25H33N3O4S. The molecule has 0 aromatic heterocycles. The van der Waals surface area contributed by atoms with Crippen molar-refractivity contribution in [2.75, 3.05) is 19.6 Å². The number of nitrogens with zero attached hydrogens (tertiary/aromatic N) is 2. The molecule has 0 saturated carbocycles. The first-order chi connectivity index (χ1) is 15.5. The molecule has 2 aromatic rings. The molecule has 1 aliphatic rings. The van der Waals surface area contributed by atoms with Crippen LogP contribution in [0.2, 0.25) is 0 Å². The summed E-state index contributed by atoms with van der Waals surface area (Å²) in [5, 5.41) is 2.93. The summed E-state index contributed by atoms with van der Waals surface area (Å²) >= 11 is 0. The predicted molar refractivity (Wildman–Crippen MR) is 128 cm³/mol. The van der Waals surface area contributed by atoms with Crippen LogP contribution >= 0.6 is 0 Å². The quantitative estimate of drug-likeness (QED) is 0.641. The van der Waals surface area contributed by atoms with E-state index in [4.69, 9.17) is 0 Å². The van der Waals surface area contributed by atoms with Crippen molar-refractivity contribution in [2.45, 2.75) is 51.1 Å². The van der Waals surface area contributed by atoms with Crippen LogP contribution in [0, 0.1) is 12.8 Å². The fourth-order valence-electron chi connectivity index (χ4n) is 4.02. The zero-order chi connectivity index (χ0) is 24.2. The number of sulfonamides is 1. The molecular weight excluding hydrogens is 438 g/mol. The largest absolute Gasteiger partial charge is 0.354 e. The average molecular weight is 472 g/mol. The van der Waals surface area contributed by atoms with Gasteiger partial charge < -0.3 is 10.2 Å². The number of hydrogen-bond acceptors (Lipinski definition) is 4. The summed E-state index contributed by atoms with van der Waals surface area (Å²) in [7, 11) is -3.93. The topological polar surface area (TPSA) is 86.8 Å². The van der Waals surface area contributed by atoms with Gasteiger partial charge in [-0.2, -0.15) is 4.31 Å². The first kappa shape index (κ1) is 24.9. The van der Waals surface area contributed by atoms with E-state index >= 15 is 0 Å². The van der Waals surface area contributed by atoms with E-state index < -0.39 is 21.5 Å². The van der Waals surface area contributed by atoms with Crippen LogP contribution in [0.25, 0.3) is 0 Å². The lowest BCUT2D eigenvalue weighted by atomic mass is 9.94. The number of carbonyl (C=O) groups excluding carboxylic acids is 2. The van der Waals surface area contributed by atoms with E-state index in [0.717, 1.165) is 21.9 Å². The highest BCUT2D eigenvalue weighted by molar-refractivity contribution is 7.89. The number of aryl methyl sites for hydroxylation is 1. The monoisotopic (exact) mass is 471 g/mol. The van der Waals surface area contributed by atoms with E-state index in [-0.39, 0.29) is 30.4 Å². The Labute approximate surface area is 196 Å². The van der Waals surface area contributed by atoms with Crippen LogP contribution in [0.4, 0.5) is 0 Å². The highest BCUT2D eigenvalue weighted by Gasteiger charge is 2.50. The molecule has 1 atom stereocenters. The van der Waals surface area contributed by atoms with Gasteiger partial charge in [-0.25, -0.2) is 8.42 Å². The normalized spacial score (nSPS) is 19.7. The van der Waals surface area contributed by atoms with Gasteiger partial charge in [0.2, 0.25) is 21.8 Å². The standard InChI is InChI=1S/C25H33N3O4S/c1-19(2)13-14-26-24(30)25(4)18-27(33(31,32)22-11-6-5-7-12-22)17-23(29)28(25)16-21-10-8-9-20(3)15-21/h5-12,15,19H,13-14,16-18H2,1-4H3,(H,26,30). The lowest BCUT2D eigenvalue weighted by Gasteiger charge is -2.47. The number of nitrogens with one attached hydrogen (secondary N) is 1. The van der Waals surface area contributed by atoms with Gasteiger partial charge in [0, 0.05) is 19.6 Å². The summed E-state index contributed by atoms with van der Waals surface area (Å²) < 4.78 is 27.7. The second kappa shape index (κ2) is 10.1. The van der Waals surface area contributed by atoms with Crippen LogP contribution in [-0.2, 0) is 26.2 Å². The summed E-state index contributed by atoms with van der Waals surface area (Å²) in [6.45, 7) is 8.02. The molecule has 1 N–H and O–H groups in total. The van der Waals surface area contributed by atoms with E-state index in [9.17, 15) is 18.0 Å². The summed E-state index contributed by atoms with van der Waals surface area (Å²) in [5.74, 6) is -0.342. The Morgan fingerprint density at radius 1 is 1.12 bits per heavy atom. The maximum Gasteiger partial charge on any atom is 0.247 e. The van der Waals surface area contributed by atoms with Crippen molar-refractivity contribution >= 4 is 21.8 Å². The maximum atomic E-state index is 13.4. The molecule has 2 aromatic carbocycles. The summed E-state index contributed by atoms with van der Waals surface area (Å²) in [5.41, 5.74) is 0.593. The van der Waals surface area contributed by atoms with Crippen LogP contribution in [0.15, 0.2) is 59.5 Å². The molecule has 178 valence electrons. The van der Waals surface area contributed by atoms with Gasteiger partial charge in [-0.05, 0) is 43.9 Å². The Balaban J connectivity index is 1.94. The Hall–Kier alpha value is -2.71. The minimum Gasteiger partial charge on any atom is -0.354 e. The van der Waals surface area contributed by atoms with Crippen LogP contribution in [0.5, 0.6) is 0 Å². The van der Waals surface area contributed by atoms with Gasteiger partial charge >= 0.3 is 0 Å². The molecule has 0 aliphatic carbocycles. The lowest BCUT2D eigenvalue weighted by molar-refractivity contribution is -0.153. The molecule has 33 heavy (non-hydrogen) atoms. The van der Waals surface area contributed by atoms with Crippen molar-refractivity contribution < 1.29 is 18.0 Å². The molecule has 0 bridgehead atoms. The molecule has 1 unspecified atom stereocenters. The summed E-state index contributed by atoms with van der Waals surface area (Å²) in [6.07, 6.45) is 0.791. The number of piperazine rings is 1. The van der Waals surface area contributed by atoms with Gasteiger partial charge in [0.15, 0.2) is 0 Å². The highest BCUT2D eigenvalue weighted by Crippen LogP contribution is 2.29. The SMILES string of the molecule is Cc1cccc(CN2C(=O)CN(S(=O)(=O)c3ccccc3)CC2(C)C(=O)NCCC(C)C)c1. The van der Waals surface area contributed by atoms with Gasteiger partial charge in [-0.1, -0.05) is 61.9 Å². The van der Waals surface area contributed by atoms with Crippen LogP contribution in [-0.4, -0.2) is 54.6 Å². The number of carbonyl (C=O) groups is 2. The highest BCUT2D eigenvalue weighted by atomic mass is 32.2. The molecule has 1 saturated heterocycles. The van der Waals surface area contributed by atoms with E-state index in [0.29, 0.717) is 12.5 Å².